The minimum Gasteiger partial charge on any atom is -0.443 e. The summed E-state index contributed by atoms with van der Waals surface area (Å²) in [6.45, 7) is 0.140. The minimum atomic E-state index is -0.731. The molecule has 1 saturated heterocycles. The number of Topliss-reactive ketones (excluding diaryl/α,β-unsaturated/α-hetero) is 1. The molecule has 1 aromatic carbocycles. The average molecular weight is 579 g/mol. The summed E-state index contributed by atoms with van der Waals surface area (Å²) in [6.07, 6.45) is 6.51. The van der Waals surface area contributed by atoms with Gasteiger partial charge in [-0.05, 0) is 34.3 Å². The third-order valence-corrected chi connectivity index (χ3v) is 8.55. The molecule has 1 unspecified atom stereocenters. The molecule has 1 aliphatic heterocycles. The lowest BCUT2D eigenvalue weighted by Gasteiger charge is -2.49. The number of ketones is 1. The largest absolute Gasteiger partial charge is 0.443 e. The Morgan fingerprint density at radius 1 is 1.17 bits per heavy atom. The molecule has 35 heavy (non-hydrogen) atoms. The third kappa shape index (κ3) is 3.96. The van der Waals surface area contributed by atoms with Gasteiger partial charge in [-0.1, -0.05) is 66.7 Å². The van der Waals surface area contributed by atoms with Gasteiger partial charge in [-0.2, -0.15) is 0 Å². The SMILES string of the molecule is NC(=O)c1c(Cl)cnc(-c2ccc(CC3C(=O)OCN3C3=C(Br)C(=O)C34CCCCC4)cc2)c1Cl. The maximum Gasteiger partial charge on any atom is 0.330 e. The average Bonchev–Trinajstić information content (AvgIpc) is 3.19. The van der Waals surface area contributed by atoms with Gasteiger partial charge in [-0.15, -0.1) is 0 Å². The maximum absolute atomic E-state index is 12.8. The lowest BCUT2D eigenvalue weighted by Crippen LogP contribution is -2.52. The van der Waals surface area contributed by atoms with E-state index in [1.807, 2.05) is 29.2 Å². The minimum absolute atomic E-state index is 0.0253. The lowest BCUT2D eigenvalue weighted by molar-refractivity contribution is -0.139. The van der Waals surface area contributed by atoms with Crippen molar-refractivity contribution in [2.45, 2.75) is 44.6 Å². The molecular formula is C25H22BrCl2N3O4. The van der Waals surface area contributed by atoms with E-state index in [4.69, 9.17) is 33.7 Å². The van der Waals surface area contributed by atoms with Crippen molar-refractivity contribution < 1.29 is 19.1 Å². The number of amides is 1. The Morgan fingerprint density at radius 2 is 1.86 bits per heavy atom. The van der Waals surface area contributed by atoms with Crippen LogP contribution in [0.25, 0.3) is 11.3 Å². The van der Waals surface area contributed by atoms with Gasteiger partial charge in [0, 0.05) is 23.9 Å². The number of carbonyl (C=O) groups is 3. The van der Waals surface area contributed by atoms with E-state index in [0.29, 0.717) is 22.2 Å². The molecule has 182 valence electrons. The van der Waals surface area contributed by atoms with Crippen LogP contribution < -0.4 is 5.73 Å². The molecular weight excluding hydrogens is 557 g/mol. The predicted molar refractivity (Wildman–Crippen MR) is 135 cm³/mol. The second kappa shape index (κ2) is 9.22. The van der Waals surface area contributed by atoms with Crippen molar-refractivity contribution in [3.8, 4) is 11.3 Å². The van der Waals surface area contributed by atoms with Crippen molar-refractivity contribution in [2.24, 2.45) is 11.1 Å². The van der Waals surface area contributed by atoms with E-state index < -0.39 is 17.4 Å². The highest BCUT2D eigenvalue weighted by atomic mass is 79.9. The molecule has 7 nitrogen and oxygen atoms in total. The monoisotopic (exact) mass is 577 g/mol. The molecule has 1 atom stereocenters. The first kappa shape index (κ1) is 24.3. The van der Waals surface area contributed by atoms with Crippen LogP contribution in [0.5, 0.6) is 0 Å². The standard InChI is InChI=1S/C25H22BrCl2N3O4/c26-18-21(25(22(18)32)8-2-1-3-9-25)31-12-35-24(34)16(31)10-13-4-6-14(7-5-13)20-19(28)17(23(29)33)15(27)11-30-20/h4-7,11,16H,1-3,8-10,12H2,(H2,29,33). The molecule has 10 heteroatoms. The Hall–Kier alpha value is -2.42. The zero-order valence-corrected chi connectivity index (χ0v) is 21.8. The third-order valence-electron chi connectivity index (χ3n) is 7.16. The summed E-state index contributed by atoms with van der Waals surface area (Å²) in [6, 6.07) is 6.87. The Kier molecular flexibility index (Phi) is 6.40. The van der Waals surface area contributed by atoms with Gasteiger partial charge in [-0.25, -0.2) is 4.79 Å². The first-order valence-corrected chi connectivity index (χ1v) is 12.9. The predicted octanol–water partition coefficient (Wildman–Crippen LogP) is 5.02. The number of nitrogens with two attached hydrogens (primary N) is 1. The molecule has 0 bridgehead atoms. The highest BCUT2D eigenvalue weighted by Gasteiger charge is 2.57. The number of allylic oxidation sites excluding steroid dienone is 2. The molecule has 5 rings (SSSR count). The summed E-state index contributed by atoms with van der Waals surface area (Å²) >= 11 is 15.9. The first-order chi connectivity index (χ1) is 16.7. The van der Waals surface area contributed by atoms with Gasteiger partial charge in [-0.3, -0.25) is 14.6 Å². The molecule has 2 fully saturated rings. The van der Waals surface area contributed by atoms with E-state index in [1.54, 1.807) is 0 Å². The molecule has 3 aliphatic rings. The van der Waals surface area contributed by atoms with Crippen LogP contribution >= 0.6 is 39.1 Å². The van der Waals surface area contributed by atoms with Crippen molar-refractivity contribution >= 4 is 56.8 Å². The Morgan fingerprint density at radius 3 is 2.51 bits per heavy atom. The summed E-state index contributed by atoms with van der Waals surface area (Å²) < 4.78 is 5.98. The number of hydrogen-bond acceptors (Lipinski definition) is 6. The van der Waals surface area contributed by atoms with Gasteiger partial charge >= 0.3 is 5.97 Å². The molecule has 2 N–H and O–H groups in total. The summed E-state index contributed by atoms with van der Waals surface area (Å²) in [5, 5.41) is 0.181. The van der Waals surface area contributed by atoms with E-state index >= 15 is 0 Å². The van der Waals surface area contributed by atoms with E-state index in [1.165, 1.54) is 6.20 Å². The van der Waals surface area contributed by atoms with Crippen LogP contribution in [0.15, 0.2) is 40.6 Å². The molecule has 2 aliphatic carbocycles. The zero-order valence-electron chi connectivity index (χ0n) is 18.7. The fourth-order valence-corrected chi connectivity index (χ4v) is 6.99. The summed E-state index contributed by atoms with van der Waals surface area (Å²) in [4.78, 5) is 43.4. The molecule has 1 amide bonds. The maximum atomic E-state index is 12.8. The van der Waals surface area contributed by atoms with Crippen molar-refractivity contribution in [1.82, 2.24) is 9.88 Å². The fraction of sp³-hybridized carbons (Fsp3) is 0.360. The number of benzene rings is 1. The molecule has 1 aromatic heterocycles. The van der Waals surface area contributed by atoms with E-state index in [2.05, 4.69) is 20.9 Å². The van der Waals surface area contributed by atoms with Gasteiger partial charge in [0.15, 0.2) is 12.5 Å². The van der Waals surface area contributed by atoms with Crippen LogP contribution in [0.2, 0.25) is 10.0 Å². The highest BCUT2D eigenvalue weighted by Crippen LogP contribution is 2.56. The molecule has 1 spiro atoms. The fourth-order valence-electron chi connectivity index (χ4n) is 5.37. The van der Waals surface area contributed by atoms with Crippen LogP contribution in [-0.2, 0) is 20.7 Å². The smallest absolute Gasteiger partial charge is 0.330 e. The number of rotatable bonds is 5. The normalized spacial score (nSPS) is 21.3. The van der Waals surface area contributed by atoms with Crippen molar-refractivity contribution in [1.29, 1.82) is 0 Å². The number of primary amides is 1. The Bertz CT molecular complexity index is 1270. The number of halogens is 3. The van der Waals surface area contributed by atoms with Gasteiger partial charge in [0.1, 0.15) is 6.04 Å². The Labute approximate surface area is 220 Å². The number of carbonyl (C=O) groups excluding carboxylic acids is 3. The zero-order chi connectivity index (χ0) is 24.9. The van der Waals surface area contributed by atoms with Crippen molar-refractivity contribution in [3.05, 3.63) is 61.8 Å². The topological polar surface area (TPSA) is 103 Å². The lowest BCUT2D eigenvalue weighted by atomic mass is 9.62. The quantitative estimate of drug-likeness (QED) is 0.500. The van der Waals surface area contributed by atoms with E-state index in [0.717, 1.165) is 43.4 Å². The molecule has 2 aromatic rings. The second-order valence-corrected chi connectivity index (χ2v) is 10.7. The van der Waals surface area contributed by atoms with Gasteiger partial charge < -0.3 is 15.4 Å². The van der Waals surface area contributed by atoms with Gasteiger partial charge in [0.25, 0.3) is 5.91 Å². The summed E-state index contributed by atoms with van der Waals surface area (Å²) in [7, 11) is 0. The second-order valence-electron chi connectivity index (χ2n) is 9.12. The van der Waals surface area contributed by atoms with E-state index in [-0.39, 0.29) is 34.1 Å². The van der Waals surface area contributed by atoms with Crippen molar-refractivity contribution in [2.75, 3.05) is 6.73 Å². The van der Waals surface area contributed by atoms with Crippen LogP contribution in [0.4, 0.5) is 0 Å². The first-order valence-electron chi connectivity index (χ1n) is 11.4. The summed E-state index contributed by atoms with van der Waals surface area (Å²) in [5.74, 6) is -0.899. The number of aromatic nitrogens is 1. The van der Waals surface area contributed by atoms with Crippen molar-refractivity contribution in [3.63, 3.8) is 0 Å². The number of nitrogens with zero attached hydrogens (tertiary/aromatic N) is 2. The van der Waals surface area contributed by atoms with Crippen LogP contribution in [0, 0.1) is 5.41 Å². The number of cyclic esters (lactones) is 1. The van der Waals surface area contributed by atoms with Crippen LogP contribution in [-0.4, -0.2) is 40.3 Å². The van der Waals surface area contributed by atoms with Crippen LogP contribution in [0.3, 0.4) is 0 Å². The van der Waals surface area contributed by atoms with Crippen LogP contribution in [0.1, 0.15) is 48.0 Å². The van der Waals surface area contributed by atoms with Gasteiger partial charge in [0.2, 0.25) is 0 Å². The summed E-state index contributed by atoms with van der Waals surface area (Å²) in [5.41, 5.74) is 7.81. The Balaban J connectivity index is 1.40. The molecule has 0 radical (unpaired) electrons. The molecule has 1 saturated carbocycles. The highest BCUT2D eigenvalue weighted by molar-refractivity contribution is 9.12. The number of hydrogen-bond donors (Lipinski definition) is 1. The van der Waals surface area contributed by atoms with E-state index in [9.17, 15) is 14.4 Å². The van der Waals surface area contributed by atoms with Gasteiger partial charge in [0.05, 0.1) is 31.2 Å². The number of ether oxygens (including phenoxy) is 1. The molecule has 2 heterocycles. The number of esters is 1. The number of pyridine rings is 1.